The number of hydrogen-bond acceptors (Lipinski definition) is 4. The minimum atomic E-state index is -4.87. The predicted molar refractivity (Wildman–Crippen MR) is 86.2 cm³/mol. The molecule has 2 heterocycles. The lowest BCUT2D eigenvalue weighted by Crippen LogP contribution is -2.25. The van der Waals surface area contributed by atoms with Crippen LogP contribution in [0.5, 0.6) is 5.75 Å². The first kappa shape index (κ1) is 17.0. The molecule has 1 amide bonds. The molecule has 0 aliphatic rings. The summed E-state index contributed by atoms with van der Waals surface area (Å²) in [6.07, 6.45) is -4.87. The summed E-state index contributed by atoms with van der Waals surface area (Å²) in [7, 11) is 0. The van der Waals surface area contributed by atoms with Crippen LogP contribution in [0.1, 0.15) is 16.1 Å². The van der Waals surface area contributed by atoms with Crippen molar-refractivity contribution >= 4 is 17.2 Å². The van der Waals surface area contributed by atoms with Crippen LogP contribution in [-0.4, -0.2) is 22.5 Å². The van der Waals surface area contributed by atoms with E-state index < -0.39 is 18.0 Å². The largest absolute Gasteiger partial charge is 0.573 e. The van der Waals surface area contributed by atoms with Crippen LogP contribution < -0.4 is 10.1 Å². The van der Waals surface area contributed by atoms with Crippen LogP contribution in [0, 0.1) is 0 Å². The fourth-order valence-corrected chi connectivity index (χ4v) is 2.83. The third kappa shape index (κ3) is 4.38. The number of carbonyl (C=O) groups excluding carboxylic acids is 1. The van der Waals surface area contributed by atoms with E-state index in [4.69, 9.17) is 0 Å². The molecule has 0 bridgehead atoms. The van der Waals surface area contributed by atoms with Crippen LogP contribution in [0.4, 0.5) is 13.2 Å². The summed E-state index contributed by atoms with van der Waals surface area (Å²) in [6, 6.07) is 10.8. The summed E-state index contributed by atoms with van der Waals surface area (Å²) in [5, 5.41) is 11.4. The number of aromatic amines is 1. The average molecular weight is 367 g/mol. The standard InChI is InChI=1S/C16H12F3N3O2S/c17-16(18,19)24-13-5-2-1-4-11(13)15(23)20-9-10-8-12(22-21-10)14-6-3-7-25-14/h1-8H,9H2,(H,20,23)(H,21,22). The van der Waals surface area contributed by atoms with Gasteiger partial charge in [-0.3, -0.25) is 9.89 Å². The van der Waals surface area contributed by atoms with Gasteiger partial charge in [-0.05, 0) is 29.6 Å². The van der Waals surface area contributed by atoms with E-state index in [0.717, 1.165) is 16.6 Å². The Morgan fingerprint density at radius 1 is 1.24 bits per heavy atom. The van der Waals surface area contributed by atoms with Crippen molar-refractivity contribution in [3.05, 3.63) is 59.1 Å². The van der Waals surface area contributed by atoms with E-state index in [1.165, 1.54) is 29.5 Å². The molecular weight excluding hydrogens is 355 g/mol. The number of carbonyl (C=O) groups is 1. The van der Waals surface area contributed by atoms with Crippen molar-refractivity contribution in [3.8, 4) is 16.3 Å². The number of rotatable bonds is 5. The summed E-state index contributed by atoms with van der Waals surface area (Å²) in [5.74, 6) is -1.22. The lowest BCUT2D eigenvalue weighted by molar-refractivity contribution is -0.274. The monoisotopic (exact) mass is 367 g/mol. The Hall–Kier alpha value is -2.81. The number of aromatic nitrogens is 2. The normalized spacial score (nSPS) is 11.3. The highest BCUT2D eigenvalue weighted by Gasteiger charge is 2.32. The second-order valence-electron chi connectivity index (χ2n) is 4.98. The Labute approximate surface area is 144 Å². The molecule has 2 N–H and O–H groups in total. The number of hydrogen-bond donors (Lipinski definition) is 2. The van der Waals surface area contributed by atoms with E-state index in [0.29, 0.717) is 5.69 Å². The first-order valence-corrected chi connectivity index (χ1v) is 8.01. The molecule has 9 heteroatoms. The highest BCUT2D eigenvalue weighted by molar-refractivity contribution is 7.13. The topological polar surface area (TPSA) is 67.0 Å². The maximum atomic E-state index is 12.4. The van der Waals surface area contributed by atoms with Crippen LogP contribution in [0.15, 0.2) is 47.8 Å². The zero-order chi connectivity index (χ0) is 17.9. The van der Waals surface area contributed by atoms with E-state index in [1.54, 1.807) is 6.07 Å². The highest BCUT2D eigenvalue weighted by atomic mass is 32.1. The zero-order valence-corrected chi connectivity index (χ0v) is 13.4. The summed E-state index contributed by atoms with van der Waals surface area (Å²) in [6.45, 7) is 0.0948. The minimum absolute atomic E-state index is 0.0948. The van der Waals surface area contributed by atoms with Crippen molar-refractivity contribution in [1.29, 1.82) is 0 Å². The van der Waals surface area contributed by atoms with Crippen molar-refractivity contribution in [3.63, 3.8) is 0 Å². The van der Waals surface area contributed by atoms with Gasteiger partial charge in [-0.1, -0.05) is 18.2 Å². The number of amides is 1. The van der Waals surface area contributed by atoms with Gasteiger partial charge >= 0.3 is 6.36 Å². The molecule has 2 aromatic heterocycles. The van der Waals surface area contributed by atoms with Crippen molar-refractivity contribution in [2.45, 2.75) is 12.9 Å². The molecule has 0 saturated carbocycles. The van der Waals surface area contributed by atoms with Gasteiger partial charge in [-0.25, -0.2) is 0 Å². The number of H-pyrrole nitrogens is 1. The molecular formula is C16H12F3N3O2S. The van der Waals surface area contributed by atoms with Gasteiger partial charge in [0.05, 0.1) is 22.7 Å². The third-order valence-electron chi connectivity index (χ3n) is 3.20. The van der Waals surface area contributed by atoms with Gasteiger partial charge in [-0.15, -0.1) is 24.5 Å². The molecule has 3 aromatic rings. The maximum absolute atomic E-state index is 12.4. The van der Waals surface area contributed by atoms with Gasteiger partial charge in [-0.2, -0.15) is 5.10 Å². The molecule has 0 unspecified atom stereocenters. The van der Waals surface area contributed by atoms with E-state index in [1.807, 2.05) is 17.5 Å². The Bertz CT molecular complexity index is 860. The van der Waals surface area contributed by atoms with E-state index in [2.05, 4.69) is 20.3 Å². The predicted octanol–water partition coefficient (Wildman–Crippen LogP) is 3.97. The molecule has 3 rings (SSSR count). The Morgan fingerprint density at radius 3 is 2.76 bits per heavy atom. The summed E-state index contributed by atoms with van der Waals surface area (Å²) >= 11 is 1.52. The van der Waals surface area contributed by atoms with Crippen molar-refractivity contribution < 1.29 is 22.7 Å². The van der Waals surface area contributed by atoms with E-state index in [-0.39, 0.29) is 12.1 Å². The molecule has 130 valence electrons. The molecule has 0 aliphatic heterocycles. The molecule has 0 aliphatic carbocycles. The molecule has 0 spiro atoms. The van der Waals surface area contributed by atoms with Crippen molar-refractivity contribution in [2.75, 3.05) is 0 Å². The lowest BCUT2D eigenvalue weighted by Gasteiger charge is -2.12. The highest BCUT2D eigenvalue weighted by Crippen LogP contribution is 2.26. The molecule has 0 fully saturated rings. The fourth-order valence-electron chi connectivity index (χ4n) is 2.14. The molecule has 0 saturated heterocycles. The number of benzene rings is 1. The Balaban J connectivity index is 1.67. The van der Waals surface area contributed by atoms with E-state index >= 15 is 0 Å². The zero-order valence-electron chi connectivity index (χ0n) is 12.6. The second kappa shape index (κ2) is 6.98. The molecule has 1 aromatic carbocycles. The quantitative estimate of drug-likeness (QED) is 0.717. The van der Waals surface area contributed by atoms with Gasteiger partial charge in [0.15, 0.2) is 0 Å². The van der Waals surface area contributed by atoms with Crippen LogP contribution in [0.25, 0.3) is 10.6 Å². The van der Waals surface area contributed by atoms with Gasteiger partial charge < -0.3 is 10.1 Å². The van der Waals surface area contributed by atoms with E-state index in [9.17, 15) is 18.0 Å². The second-order valence-corrected chi connectivity index (χ2v) is 5.93. The van der Waals surface area contributed by atoms with Crippen molar-refractivity contribution in [1.82, 2.24) is 15.5 Å². The number of halogens is 3. The summed E-state index contributed by atoms with van der Waals surface area (Å²) in [4.78, 5) is 13.1. The number of ether oxygens (including phenoxy) is 1. The van der Waals surface area contributed by atoms with Crippen LogP contribution in [-0.2, 0) is 6.54 Å². The first-order chi connectivity index (χ1) is 11.9. The van der Waals surface area contributed by atoms with Crippen molar-refractivity contribution in [2.24, 2.45) is 0 Å². The molecule has 0 radical (unpaired) electrons. The van der Waals surface area contributed by atoms with Crippen LogP contribution in [0.3, 0.4) is 0 Å². The number of nitrogens with zero attached hydrogens (tertiary/aromatic N) is 1. The maximum Gasteiger partial charge on any atom is 0.573 e. The number of alkyl halides is 3. The third-order valence-corrected chi connectivity index (χ3v) is 4.09. The Kier molecular flexibility index (Phi) is 4.75. The Morgan fingerprint density at radius 2 is 2.04 bits per heavy atom. The fraction of sp³-hybridized carbons (Fsp3) is 0.125. The van der Waals surface area contributed by atoms with Gasteiger partial charge in [0, 0.05) is 0 Å². The molecule has 0 atom stereocenters. The van der Waals surface area contributed by atoms with Gasteiger partial charge in [0.25, 0.3) is 5.91 Å². The summed E-state index contributed by atoms with van der Waals surface area (Å²) in [5.41, 5.74) is 1.17. The van der Waals surface area contributed by atoms with Gasteiger partial charge in [0.1, 0.15) is 11.4 Å². The van der Waals surface area contributed by atoms with Gasteiger partial charge in [0.2, 0.25) is 0 Å². The number of para-hydroxylation sites is 1. The SMILES string of the molecule is O=C(NCc1cc(-c2cccs2)n[nH]1)c1ccccc1OC(F)(F)F. The minimum Gasteiger partial charge on any atom is -0.405 e. The van der Waals surface area contributed by atoms with Crippen LogP contribution >= 0.6 is 11.3 Å². The smallest absolute Gasteiger partial charge is 0.405 e. The lowest BCUT2D eigenvalue weighted by atomic mass is 10.2. The number of thiophene rings is 1. The average Bonchev–Trinajstić information content (AvgIpc) is 3.23. The molecule has 5 nitrogen and oxygen atoms in total. The van der Waals surface area contributed by atoms with Crippen LogP contribution in [0.2, 0.25) is 0 Å². The first-order valence-electron chi connectivity index (χ1n) is 7.13. The number of nitrogens with one attached hydrogen (secondary N) is 2. The molecule has 25 heavy (non-hydrogen) atoms. The summed E-state index contributed by atoms with van der Waals surface area (Å²) < 4.78 is 41.1.